The predicted molar refractivity (Wildman–Crippen MR) is 70.2 cm³/mol. The normalized spacial score (nSPS) is 17.6. The first-order chi connectivity index (χ1) is 16.9. The van der Waals surface area contributed by atoms with Crippen LogP contribution in [0.25, 0.3) is 0 Å². The molecule has 0 rings (SSSR count). The molecule has 0 spiro atoms. The van der Waals surface area contributed by atoms with E-state index in [4.69, 9.17) is 0 Å². The maximum absolute atomic E-state index is 13.5. The molecule has 0 bridgehead atoms. The van der Waals surface area contributed by atoms with Crippen LogP contribution in [-0.4, -0.2) is 59.7 Å². The molecule has 0 N–H and O–H groups in total. The van der Waals surface area contributed by atoms with Crippen molar-refractivity contribution in [1.82, 2.24) is 0 Å². The molecule has 0 heterocycles. The summed E-state index contributed by atoms with van der Waals surface area (Å²) in [6.45, 7) is 0. The molecule has 0 aromatic carbocycles. The van der Waals surface area contributed by atoms with Crippen molar-refractivity contribution in [2.24, 2.45) is 0 Å². The first kappa shape index (κ1) is 37.7. The van der Waals surface area contributed by atoms with Gasteiger partial charge in [-0.25, -0.2) is 8.78 Å². The van der Waals surface area contributed by atoms with E-state index in [1.807, 2.05) is 0 Å². The van der Waals surface area contributed by atoms with Crippen LogP contribution in [0, 0.1) is 0 Å². The van der Waals surface area contributed by atoms with Gasteiger partial charge >= 0.3 is 59.7 Å². The number of allylic oxidation sites excluding steroid dienone is 4. The van der Waals surface area contributed by atoms with Crippen molar-refractivity contribution in [3.63, 3.8) is 0 Å². The second-order valence-electron chi connectivity index (χ2n) is 6.85. The Kier molecular flexibility index (Phi) is 9.04. The Hall–Kier alpha value is -2.34. The van der Waals surface area contributed by atoms with Crippen LogP contribution in [0.15, 0.2) is 23.3 Å². The average molecular weight is 662 g/mol. The third kappa shape index (κ3) is 4.99. The molecule has 238 valence electrons. The van der Waals surface area contributed by atoms with Gasteiger partial charge in [0.2, 0.25) is 23.3 Å². The summed E-state index contributed by atoms with van der Waals surface area (Å²) < 4.78 is 336. The molecule has 40 heavy (non-hydrogen) atoms. The highest BCUT2D eigenvalue weighted by Gasteiger charge is 2.95. The van der Waals surface area contributed by atoms with E-state index in [0.717, 1.165) is 0 Å². The molecule has 0 aromatic heterocycles. The minimum absolute atomic E-state index is 5.17. The SMILES string of the molecule is FC(=C(F)C(F)(F)C(F)(F)C(F)(F)C(F)(F)C(F)(F)C(F)(F)C(F)(F)C(F)(F)C(F)=C(F)C(F)(F)F)C(F)(F)F. The first-order valence-corrected chi connectivity index (χ1v) is 8.16. The standard InChI is InChI=1S/C14F26/c15-1(3(17)7(23,24)25)5(19,20)9(29,30)11(33,34)13(37,38)14(39,40)12(35,36)10(31,32)6(21,22)2(16)4(18)8(26,27)28. The summed E-state index contributed by atoms with van der Waals surface area (Å²) in [5.74, 6) is -93.9. The minimum atomic E-state index is -9.45. The number of hydrogen-bond acceptors (Lipinski definition) is 0. The molecule has 0 saturated carbocycles. The van der Waals surface area contributed by atoms with Crippen molar-refractivity contribution in [2.75, 3.05) is 0 Å². The van der Waals surface area contributed by atoms with Gasteiger partial charge < -0.3 is 0 Å². The van der Waals surface area contributed by atoms with E-state index in [9.17, 15) is 114 Å². The van der Waals surface area contributed by atoms with Crippen LogP contribution in [0.5, 0.6) is 0 Å². The van der Waals surface area contributed by atoms with Crippen LogP contribution < -0.4 is 0 Å². The maximum atomic E-state index is 13.5. The fourth-order valence-corrected chi connectivity index (χ4v) is 1.98. The van der Waals surface area contributed by atoms with Gasteiger partial charge in [0.15, 0.2) is 0 Å². The second kappa shape index (κ2) is 9.61. The lowest BCUT2D eigenvalue weighted by Gasteiger charge is -2.43. The molecule has 26 heteroatoms. The van der Waals surface area contributed by atoms with E-state index < -0.39 is 83.0 Å². The summed E-state index contributed by atoms with van der Waals surface area (Å²) in [5, 5.41) is 0. The zero-order valence-corrected chi connectivity index (χ0v) is 16.8. The maximum Gasteiger partial charge on any atom is 0.445 e. The van der Waals surface area contributed by atoms with Gasteiger partial charge in [-0.15, -0.1) is 0 Å². The van der Waals surface area contributed by atoms with Gasteiger partial charge in [0, 0.05) is 0 Å². The second-order valence-corrected chi connectivity index (χ2v) is 6.85. The van der Waals surface area contributed by atoms with E-state index in [0.29, 0.717) is 0 Å². The summed E-state index contributed by atoms with van der Waals surface area (Å²) in [6, 6.07) is 0. The first-order valence-electron chi connectivity index (χ1n) is 8.16. The van der Waals surface area contributed by atoms with Gasteiger partial charge in [0.1, 0.15) is 0 Å². The smallest absolute Gasteiger partial charge is 0.202 e. The Morgan fingerprint density at radius 2 is 0.375 bits per heavy atom. The van der Waals surface area contributed by atoms with E-state index in [-0.39, 0.29) is 0 Å². The number of alkyl halides is 22. The Morgan fingerprint density at radius 3 is 0.525 bits per heavy atom. The van der Waals surface area contributed by atoms with Gasteiger partial charge in [-0.3, -0.25) is 0 Å². The molecule has 0 fully saturated rings. The van der Waals surface area contributed by atoms with Crippen LogP contribution in [0.4, 0.5) is 114 Å². The Labute approximate surface area is 198 Å². The summed E-state index contributed by atoms with van der Waals surface area (Å²) in [4.78, 5) is 0. The molecular weight excluding hydrogens is 662 g/mol. The van der Waals surface area contributed by atoms with E-state index in [1.165, 1.54) is 0 Å². The van der Waals surface area contributed by atoms with Crippen LogP contribution in [0.3, 0.4) is 0 Å². The number of rotatable bonds is 9. The lowest BCUT2D eigenvalue weighted by atomic mass is 9.87. The van der Waals surface area contributed by atoms with Gasteiger partial charge in [-0.05, 0) is 0 Å². The molecule has 0 aliphatic rings. The number of halogens is 26. The Balaban J connectivity index is 7.33. The molecule has 0 aliphatic carbocycles. The molecule has 0 unspecified atom stereocenters. The fourth-order valence-electron chi connectivity index (χ4n) is 1.98. The van der Waals surface area contributed by atoms with E-state index >= 15 is 0 Å². The summed E-state index contributed by atoms with van der Waals surface area (Å²) in [5.41, 5.74) is 0. The zero-order chi connectivity index (χ0) is 33.3. The lowest BCUT2D eigenvalue weighted by Crippen LogP contribution is -2.74. The minimum Gasteiger partial charge on any atom is -0.202 e. The quantitative estimate of drug-likeness (QED) is 0.216. The highest BCUT2D eigenvalue weighted by Crippen LogP contribution is 2.65. The van der Waals surface area contributed by atoms with Gasteiger partial charge in [0.25, 0.3) is 0 Å². The molecule has 0 atom stereocenters. The molecule has 0 radical (unpaired) electrons. The van der Waals surface area contributed by atoms with Gasteiger partial charge in [-0.1, -0.05) is 0 Å². The molecule has 0 amide bonds. The van der Waals surface area contributed by atoms with E-state index in [1.54, 1.807) is 0 Å². The topological polar surface area (TPSA) is 0 Å². The number of hydrogen-bond donors (Lipinski definition) is 0. The van der Waals surface area contributed by atoms with Crippen molar-refractivity contribution in [3.8, 4) is 0 Å². The van der Waals surface area contributed by atoms with Crippen molar-refractivity contribution in [1.29, 1.82) is 0 Å². The van der Waals surface area contributed by atoms with Crippen LogP contribution in [-0.2, 0) is 0 Å². The van der Waals surface area contributed by atoms with Crippen molar-refractivity contribution in [2.45, 2.75) is 59.7 Å². The van der Waals surface area contributed by atoms with Crippen LogP contribution in [0.2, 0.25) is 0 Å². The van der Waals surface area contributed by atoms with Gasteiger partial charge in [0.05, 0.1) is 0 Å². The van der Waals surface area contributed by atoms with Crippen molar-refractivity contribution >= 4 is 0 Å². The molecule has 0 aromatic rings. The zero-order valence-electron chi connectivity index (χ0n) is 16.8. The third-order valence-corrected chi connectivity index (χ3v) is 4.19. The fraction of sp³-hybridized carbons (Fsp3) is 0.714. The van der Waals surface area contributed by atoms with Crippen LogP contribution in [0.1, 0.15) is 0 Å². The monoisotopic (exact) mass is 662 g/mol. The average Bonchev–Trinajstić information content (AvgIpc) is 2.74. The summed E-state index contributed by atoms with van der Waals surface area (Å²) >= 11 is 0. The van der Waals surface area contributed by atoms with E-state index in [2.05, 4.69) is 0 Å². The Bertz CT molecular complexity index is 931. The van der Waals surface area contributed by atoms with Crippen LogP contribution >= 0.6 is 0 Å². The largest absolute Gasteiger partial charge is 0.445 e. The van der Waals surface area contributed by atoms with Crippen molar-refractivity contribution in [3.05, 3.63) is 23.3 Å². The molecule has 0 aliphatic heterocycles. The molecule has 0 nitrogen and oxygen atoms in total. The van der Waals surface area contributed by atoms with Crippen molar-refractivity contribution < 1.29 is 114 Å². The van der Waals surface area contributed by atoms with Gasteiger partial charge in [-0.2, -0.15) is 105 Å². The molecular formula is C14F26. The predicted octanol–water partition coefficient (Wildman–Crippen LogP) is 9.49. The highest BCUT2D eigenvalue weighted by molar-refractivity contribution is 5.26. The summed E-state index contributed by atoms with van der Waals surface area (Å²) in [7, 11) is 0. The lowest BCUT2D eigenvalue weighted by molar-refractivity contribution is -0.450. The molecule has 0 saturated heterocycles. The third-order valence-electron chi connectivity index (χ3n) is 4.19. The highest BCUT2D eigenvalue weighted by atomic mass is 19.4. The summed E-state index contributed by atoms with van der Waals surface area (Å²) in [6.07, 6.45) is -14.4. The Morgan fingerprint density at radius 1 is 0.225 bits per heavy atom.